The zero-order valence-electron chi connectivity index (χ0n) is 25.8. The summed E-state index contributed by atoms with van der Waals surface area (Å²) in [5.41, 5.74) is 2.29. The smallest absolute Gasteiger partial charge is 0.264 e. The largest absolute Gasteiger partial charge is 0.352 e. The maximum absolute atomic E-state index is 14.5. The molecular formula is C35H36Cl2FN3O4S. The van der Waals surface area contributed by atoms with E-state index >= 15 is 0 Å². The Balaban J connectivity index is 1.83. The van der Waals surface area contributed by atoms with E-state index in [0.717, 1.165) is 15.4 Å². The zero-order valence-corrected chi connectivity index (χ0v) is 28.1. The first-order chi connectivity index (χ1) is 21.9. The molecule has 0 saturated carbocycles. The number of sulfonamides is 1. The number of rotatable bonds is 13. The van der Waals surface area contributed by atoms with E-state index in [9.17, 15) is 22.4 Å². The highest BCUT2D eigenvalue weighted by Gasteiger charge is 2.35. The molecule has 0 spiro atoms. The van der Waals surface area contributed by atoms with Gasteiger partial charge in [-0.3, -0.25) is 13.9 Å². The van der Waals surface area contributed by atoms with Gasteiger partial charge < -0.3 is 10.2 Å². The molecule has 0 aliphatic heterocycles. The molecule has 1 N–H and O–H groups in total. The average Bonchev–Trinajstić information content (AvgIpc) is 3.02. The molecule has 0 heterocycles. The van der Waals surface area contributed by atoms with Crippen LogP contribution in [0, 0.1) is 12.7 Å². The summed E-state index contributed by atoms with van der Waals surface area (Å²) < 4.78 is 43.1. The Hall–Kier alpha value is -3.92. The summed E-state index contributed by atoms with van der Waals surface area (Å²) in [5.74, 6) is -1.51. The number of halogens is 3. The van der Waals surface area contributed by atoms with Gasteiger partial charge in [0.15, 0.2) is 0 Å². The third-order valence-electron chi connectivity index (χ3n) is 7.56. The Morgan fingerprint density at radius 1 is 0.870 bits per heavy atom. The average molecular weight is 685 g/mol. The van der Waals surface area contributed by atoms with Crippen molar-refractivity contribution in [1.82, 2.24) is 10.2 Å². The van der Waals surface area contributed by atoms with Crippen LogP contribution in [-0.2, 0) is 32.6 Å². The van der Waals surface area contributed by atoms with Crippen molar-refractivity contribution >= 4 is 50.7 Å². The van der Waals surface area contributed by atoms with E-state index in [1.165, 1.54) is 59.5 Å². The molecule has 7 nitrogen and oxygen atoms in total. The summed E-state index contributed by atoms with van der Waals surface area (Å²) in [6, 6.07) is 24.1. The standard InChI is InChI=1S/C35H36Cl2FN3O4S/c1-4-25(3)39-35(43)33(18-26-8-6-5-7-9-26)40(22-27-12-14-30(38)15-13-27)34(42)23-41(31-20-28(36)19-29(37)21-31)46(44,45)32-16-10-24(2)11-17-32/h5-17,19-21,25,33H,4,18,22-23H2,1-3H3,(H,39,43)/t25-,33+/m0/s1. The van der Waals surface area contributed by atoms with Crippen molar-refractivity contribution in [2.45, 2.75) is 57.1 Å². The van der Waals surface area contributed by atoms with Crippen LogP contribution in [0.4, 0.5) is 10.1 Å². The summed E-state index contributed by atoms with van der Waals surface area (Å²) in [4.78, 5) is 29.7. The lowest BCUT2D eigenvalue weighted by Gasteiger charge is -2.34. The lowest BCUT2D eigenvalue weighted by atomic mass is 10.0. The first kappa shape index (κ1) is 34.9. The van der Waals surface area contributed by atoms with Crippen molar-refractivity contribution in [2.24, 2.45) is 0 Å². The second-order valence-electron chi connectivity index (χ2n) is 11.1. The fourth-order valence-corrected chi connectivity index (χ4v) is 6.74. The Kier molecular flexibility index (Phi) is 11.8. The third-order valence-corrected chi connectivity index (χ3v) is 9.79. The maximum Gasteiger partial charge on any atom is 0.264 e. The maximum atomic E-state index is 14.5. The first-order valence-electron chi connectivity index (χ1n) is 14.8. The van der Waals surface area contributed by atoms with Crippen LogP contribution in [0.2, 0.25) is 10.0 Å². The molecule has 0 aliphatic rings. The number of carbonyl (C=O) groups is 2. The fourth-order valence-electron chi connectivity index (χ4n) is 4.83. The van der Waals surface area contributed by atoms with Gasteiger partial charge in [0.05, 0.1) is 10.6 Å². The van der Waals surface area contributed by atoms with Gasteiger partial charge in [-0.15, -0.1) is 0 Å². The second-order valence-corrected chi connectivity index (χ2v) is 13.9. The van der Waals surface area contributed by atoms with E-state index in [-0.39, 0.29) is 39.6 Å². The SMILES string of the molecule is CC[C@H](C)NC(=O)[C@@H](Cc1ccccc1)N(Cc1ccc(F)cc1)C(=O)CN(c1cc(Cl)cc(Cl)c1)S(=O)(=O)c1ccc(C)cc1. The van der Waals surface area contributed by atoms with Crippen molar-refractivity contribution in [3.05, 3.63) is 130 Å². The molecule has 0 fully saturated rings. The van der Waals surface area contributed by atoms with Gasteiger partial charge in [-0.05, 0) is 73.9 Å². The highest BCUT2D eigenvalue weighted by Crippen LogP contribution is 2.30. The third kappa shape index (κ3) is 9.09. The number of nitrogens with one attached hydrogen (secondary N) is 1. The number of carbonyl (C=O) groups excluding carboxylic acids is 2. The zero-order chi connectivity index (χ0) is 33.4. The molecule has 2 amide bonds. The van der Waals surface area contributed by atoms with Crippen molar-refractivity contribution in [3.63, 3.8) is 0 Å². The minimum absolute atomic E-state index is 0.0394. The number of amides is 2. The fraction of sp³-hybridized carbons (Fsp3) is 0.257. The van der Waals surface area contributed by atoms with Gasteiger partial charge >= 0.3 is 0 Å². The van der Waals surface area contributed by atoms with Gasteiger partial charge in [0.2, 0.25) is 11.8 Å². The minimum atomic E-state index is -4.32. The van der Waals surface area contributed by atoms with Gasteiger partial charge in [-0.25, -0.2) is 12.8 Å². The van der Waals surface area contributed by atoms with E-state index in [1.54, 1.807) is 12.1 Å². The number of aryl methyl sites for hydroxylation is 1. The van der Waals surface area contributed by atoms with Crippen LogP contribution in [0.1, 0.15) is 37.0 Å². The number of hydrogen-bond acceptors (Lipinski definition) is 4. The van der Waals surface area contributed by atoms with Gasteiger partial charge in [-0.2, -0.15) is 0 Å². The Morgan fingerprint density at radius 2 is 1.48 bits per heavy atom. The van der Waals surface area contributed by atoms with Crippen molar-refractivity contribution in [1.29, 1.82) is 0 Å². The van der Waals surface area contributed by atoms with Crippen LogP contribution in [-0.4, -0.2) is 43.8 Å². The summed E-state index contributed by atoms with van der Waals surface area (Å²) in [7, 11) is -4.32. The number of hydrogen-bond donors (Lipinski definition) is 1. The normalized spacial score (nSPS) is 12.7. The van der Waals surface area contributed by atoms with E-state index in [0.29, 0.717) is 12.0 Å². The van der Waals surface area contributed by atoms with E-state index in [4.69, 9.17) is 23.2 Å². The molecule has 46 heavy (non-hydrogen) atoms. The molecule has 2 atom stereocenters. The molecule has 0 bridgehead atoms. The van der Waals surface area contributed by atoms with Crippen LogP contribution < -0.4 is 9.62 Å². The Labute approximate surface area is 280 Å². The summed E-state index contributed by atoms with van der Waals surface area (Å²) in [6.07, 6.45) is 0.817. The molecule has 0 aliphatic carbocycles. The molecule has 0 radical (unpaired) electrons. The quantitative estimate of drug-likeness (QED) is 0.162. The number of benzene rings is 4. The van der Waals surface area contributed by atoms with Gasteiger partial charge in [0.25, 0.3) is 10.0 Å². The van der Waals surface area contributed by atoms with Gasteiger partial charge in [-0.1, -0.05) is 90.3 Å². The lowest BCUT2D eigenvalue weighted by Crippen LogP contribution is -2.54. The molecule has 4 rings (SSSR count). The highest BCUT2D eigenvalue weighted by atomic mass is 35.5. The van der Waals surface area contributed by atoms with Crippen LogP contribution in [0.15, 0.2) is 102 Å². The number of anilines is 1. The first-order valence-corrected chi connectivity index (χ1v) is 17.0. The molecule has 242 valence electrons. The molecule has 11 heteroatoms. The van der Waals surface area contributed by atoms with Gasteiger partial charge in [0, 0.05) is 29.1 Å². The predicted octanol–water partition coefficient (Wildman–Crippen LogP) is 7.19. The molecule has 0 saturated heterocycles. The van der Waals surface area contributed by atoms with Crippen molar-refractivity contribution in [3.8, 4) is 0 Å². The molecular weight excluding hydrogens is 648 g/mol. The molecule has 0 aromatic heterocycles. The summed E-state index contributed by atoms with van der Waals surface area (Å²) in [5, 5.41) is 3.34. The second kappa shape index (κ2) is 15.6. The van der Waals surface area contributed by atoms with E-state index in [2.05, 4.69) is 5.32 Å². The predicted molar refractivity (Wildman–Crippen MR) is 181 cm³/mol. The minimum Gasteiger partial charge on any atom is -0.352 e. The summed E-state index contributed by atoms with van der Waals surface area (Å²) >= 11 is 12.6. The van der Waals surface area contributed by atoms with Crippen LogP contribution in [0.5, 0.6) is 0 Å². The lowest BCUT2D eigenvalue weighted by molar-refractivity contribution is -0.140. The molecule has 0 unspecified atom stereocenters. The van der Waals surface area contributed by atoms with Crippen LogP contribution in [0.3, 0.4) is 0 Å². The highest BCUT2D eigenvalue weighted by molar-refractivity contribution is 7.92. The van der Waals surface area contributed by atoms with Crippen LogP contribution >= 0.6 is 23.2 Å². The molecule has 4 aromatic carbocycles. The van der Waals surface area contributed by atoms with Crippen molar-refractivity contribution < 1.29 is 22.4 Å². The number of nitrogens with zero attached hydrogens (tertiary/aromatic N) is 2. The Bertz CT molecular complexity index is 1740. The van der Waals surface area contributed by atoms with E-state index < -0.39 is 40.2 Å². The van der Waals surface area contributed by atoms with Crippen LogP contribution in [0.25, 0.3) is 0 Å². The topological polar surface area (TPSA) is 86.8 Å². The Morgan fingerprint density at radius 3 is 2.07 bits per heavy atom. The monoisotopic (exact) mass is 683 g/mol. The molecule has 4 aromatic rings. The van der Waals surface area contributed by atoms with E-state index in [1.807, 2.05) is 51.1 Å². The van der Waals surface area contributed by atoms with Crippen molar-refractivity contribution in [2.75, 3.05) is 10.8 Å². The summed E-state index contributed by atoms with van der Waals surface area (Å²) in [6.45, 7) is 4.87. The van der Waals surface area contributed by atoms with Gasteiger partial charge in [0.1, 0.15) is 18.4 Å².